The fourth-order valence-corrected chi connectivity index (χ4v) is 2.94. The van der Waals surface area contributed by atoms with Crippen LogP contribution in [0.15, 0.2) is 12.3 Å². The van der Waals surface area contributed by atoms with E-state index in [9.17, 15) is 4.79 Å². The first-order chi connectivity index (χ1) is 9.93. The van der Waals surface area contributed by atoms with Crippen LogP contribution in [-0.2, 0) is 0 Å². The van der Waals surface area contributed by atoms with E-state index in [1.54, 1.807) is 12.3 Å². The van der Waals surface area contributed by atoms with E-state index in [-0.39, 0.29) is 11.3 Å². The Morgan fingerprint density at radius 2 is 2.29 bits per heavy atom. The molecule has 0 aromatic carbocycles. The van der Waals surface area contributed by atoms with Gasteiger partial charge in [0.2, 0.25) is 0 Å². The van der Waals surface area contributed by atoms with Crippen molar-refractivity contribution in [1.29, 1.82) is 0 Å². The van der Waals surface area contributed by atoms with Crippen molar-refractivity contribution in [3.8, 4) is 0 Å². The summed E-state index contributed by atoms with van der Waals surface area (Å²) in [7, 11) is 0. The van der Waals surface area contributed by atoms with Gasteiger partial charge in [-0.3, -0.25) is 4.79 Å². The van der Waals surface area contributed by atoms with Crippen LogP contribution in [0.25, 0.3) is 0 Å². The molecule has 0 radical (unpaired) electrons. The lowest BCUT2D eigenvalue weighted by molar-refractivity contribution is 0.0583. The molecule has 2 rings (SSSR count). The summed E-state index contributed by atoms with van der Waals surface area (Å²) < 4.78 is 0. The molecule has 1 amide bonds. The van der Waals surface area contributed by atoms with Crippen LogP contribution >= 0.6 is 11.6 Å². The zero-order valence-electron chi connectivity index (χ0n) is 13.1. The van der Waals surface area contributed by atoms with Crippen LogP contribution in [-0.4, -0.2) is 35.4 Å². The average molecular weight is 310 g/mol. The van der Waals surface area contributed by atoms with E-state index in [1.165, 1.54) is 0 Å². The Hall–Kier alpha value is -1.29. The maximum Gasteiger partial charge on any atom is 0.255 e. The van der Waals surface area contributed by atoms with Gasteiger partial charge in [0, 0.05) is 25.8 Å². The van der Waals surface area contributed by atoms with E-state index >= 15 is 0 Å². The van der Waals surface area contributed by atoms with Crippen LogP contribution in [0.2, 0.25) is 5.02 Å². The molecular weight excluding hydrogens is 286 g/mol. The number of halogens is 1. The Kier molecular flexibility index (Phi) is 5.09. The molecular formula is C16H24ClN3O. The Morgan fingerprint density at radius 3 is 2.90 bits per heavy atom. The van der Waals surface area contributed by atoms with Crippen molar-refractivity contribution in [1.82, 2.24) is 9.88 Å². The summed E-state index contributed by atoms with van der Waals surface area (Å²) in [5.41, 5.74) is 0.757. The van der Waals surface area contributed by atoms with E-state index in [1.807, 2.05) is 4.90 Å². The van der Waals surface area contributed by atoms with Crippen molar-refractivity contribution < 1.29 is 4.79 Å². The van der Waals surface area contributed by atoms with Gasteiger partial charge in [0.1, 0.15) is 5.82 Å². The molecule has 0 bridgehead atoms. The van der Waals surface area contributed by atoms with Gasteiger partial charge in [-0.1, -0.05) is 32.4 Å². The number of pyridine rings is 1. The Balaban J connectivity index is 2.10. The lowest BCUT2D eigenvalue weighted by Gasteiger charge is -2.38. The van der Waals surface area contributed by atoms with Gasteiger partial charge in [-0.05, 0) is 30.7 Å². The number of piperidine rings is 1. The number of likely N-dealkylation sites (tertiary alicyclic amines) is 1. The number of anilines is 1. The SMILES string of the molecule is CCCNc1ncc(C(=O)N2CCCC(C)(C)C2)cc1Cl. The number of nitrogens with one attached hydrogen (secondary N) is 1. The number of amides is 1. The standard InChI is InChI=1S/C16H24ClN3O/c1-4-7-18-14-13(17)9-12(10-19-14)15(21)20-8-5-6-16(2,3)11-20/h9-10H,4-8,11H2,1-3H3,(H,18,19). The maximum atomic E-state index is 12.6. The number of hydrogen-bond donors (Lipinski definition) is 1. The zero-order valence-corrected chi connectivity index (χ0v) is 13.8. The van der Waals surface area contributed by atoms with Crippen LogP contribution in [0.3, 0.4) is 0 Å². The summed E-state index contributed by atoms with van der Waals surface area (Å²) in [5.74, 6) is 0.674. The van der Waals surface area contributed by atoms with Gasteiger partial charge < -0.3 is 10.2 Å². The molecule has 1 aromatic heterocycles. The molecule has 0 unspecified atom stereocenters. The van der Waals surface area contributed by atoms with Crippen LogP contribution in [0.1, 0.15) is 50.4 Å². The Bertz CT molecular complexity index is 516. The highest BCUT2D eigenvalue weighted by atomic mass is 35.5. The monoisotopic (exact) mass is 309 g/mol. The number of carbonyl (C=O) groups excluding carboxylic acids is 1. The summed E-state index contributed by atoms with van der Waals surface area (Å²) in [6.07, 6.45) is 4.83. The van der Waals surface area contributed by atoms with Gasteiger partial charge in [0.05, 0.1) is 10.6 Å². The lowest BCUT2D eigenvalue weighted by atomic mass is 9.84. The number of rotatable bonds is 4. The minimum atomic E-state index is 0.0271. The third-order valence-corrected chi connectivity index (χ3v) is 4.11. The minimum Gasteiger partial charge on any atom is -0.369 e. The van der Waals surface area contributed by atoms with Crippen LogP contribution in [0.4, 0.5) is 5.82 Å². The molecule has 0 saturated carbocycles. The smallest absolute Gasteiger partial charge is 0.255 e. The normalized spacial score (nSPS) is 17.6. The predicted molar refractivity (Wildman–Crippen MR) is 86.9 cm³/mol. The molecule has 1 N–H and O–H groups in total. The van der Waals surface area contributed by atoms with Crippen molar-refractivity contribution in [2.45, 2.75) is 40.0 Å². The van der Waals surface area contributed by atoms with E-state index in [0.717, 1.165) is 38.9 Å². The first-order valence-electron chi connectivity index (χ1n) is 7.61. The molecule has 1 aliphatic heterocycles. The predicted octanol–water partition coefficient (Wildman–Crippen LogP) is 3.82. The van der Waals surface area contributed by atoms with Crippen molar-refractivity contribution in [3.05, 3.63) is 22.8 Å². The zero-order chi connectivity index (χ0) is 15.5. The van der Waals surface area contributed by atoms with Crippen molar-refractivity contribution >= 4 is 23.3 Å². The fourth-order valence-electron chi connectivity index (χ4n) is 2.71. The third kappa shape index (κ3) is 4.10. The molecule has 0 aliphatic carbocycles. The summed E-state index contributed by atoms with van der Waals surface area (Å²) >= 11 is 6.21. The van der Waals surface area contributed by atoms with E-state index in [0.29, 0.717) is 16.4 Å². The number of carbonyl (C=O) groups is 1. The minimum absolute atomic E-state index is 0.0271. The second kappa shape index (κ2) is 6.65. The van der Waals surface area contributed by atoms with Gasteiger partial charge in [0.25, 0.3) is 5.91 Å². The molecule has 1 fully saturated rings. The van der Waals surface area contributed by atoms with E-state index < -0.39 is 0 Å². The number of hydrogen-bond acceptors (Lipinski definition) is 3. The number of aromatic nitrogens is 1. The van der Waals surface area contributed by atoms with Gasteiger partial charge in [-0.15, -0.1) is 0 Å². The molecule has 0 spiro atoms. The summed E-state index contributed by atoms with van der Waals surface area (Å²) in [4.78, 5) is 18.8. The van der Waals surface area contributed by atoms with Gasteiger partial charge in [-0.25, -0.2) is 4.98 Å². The van der Waals surface area contributed by atoms with Crippen molar-refractivity contribution in [2.75, 3.05) is 25.0 Å². The Morgan fingerprint density at radius 1 is 1.52 bits per heavy atom. The average Bonchev–Trinajstić information content (AvgIpc) is 2.44. The molecule has 1 aliphatic rings. The largest absolute Gasteiger partial charge is 0.369 e. The summed E-state index contributed by atoms with van der Waals surface area (Å²) in [5, 5.41) is 3.66. The van der Waals surface area contributed by atoms with Crippen LogP contribution < -0.4 is 5.32 Å². The lowest BCUT2D eigenvalue weighted by Crippen LogP contribution is -2.43. The molecule has 21 heavy (non-hydrogen) atoms. The molecule has 0 atom stereocenters. The molecule has 4 nitrogen and oxygen atoms in total. The molecule has 5 heteroatoms. The number of nitrogens with zero attached hydrogens (tertiary/aromatic N) is 2. The van der Waals surface area contributed by atoms with Crippen LogP contribution in [0.5, 0.6) is 0 Å². The highest BCUT2D eigenvalue weighted by molar-refractivity contribution is 6.33. The quantitative estimate of drug-likeness (QED) is 0.919. The summed E-state index contributed by atoms with van der Waals surface area (Å²) in [6, 6.07) is 1.72. The fraction of sp³-hybridized carbons (Fsp3) is 0.625. The van der Waals surface area contributed by atoms with E-state index in [4.69, 9.17) is 11.6 Å². The maximum absolute atomic E-state index is 12.6. The molecule has 1 saturated heterocycles. The molecule has 2 heterocycles. The first-order valence-corrected chi connectivity index (χ1v) is 7.99. The summed E-state index contributed by atoms with van der Waals surface area (Å²) in [6.45, 7) is 8.91. The van der Waals surface area contributed by atoms with E-state index in [2.05, 4.69) is 31.1 Å². The Labute approximate surface area is 131 Å². The van der Waals surface area contributed by atoms with Gasteiger partial charge in [0.15, 0.2) is 0 Å². The second-order valence-corrected chi connectivity index (χ2v) is 6.88. The van der Waals surface area contributed by atoms with Crippen molar-refractivity contribution in [3.63, 3.8) is 0 Å². The molecule has 116 valence electrons. The third-order valence-electron chi connectivity index (χ3n) is 3.82. The van der Waals surface area contributed by atoms with Crippen LogP contribution in [0, 0.1) is 5.41 Å². The highest BCUT2D eigenvalue weighted by Crippen LogP contribution is 2.29. The topological polar surface area (TPSA) is 45.2 Å². The first kappa shape index (κ1) is 16.1. The van der Waals surface area contributed by atoms with Gasteiger partial charge in [-0.2, -0.15) is 0 Å². The van der Waals surface area contributed by atoms with Crippen molar-refractivity contribution in [2.24, 2.45) is 5.41 Å². The van der Waals surface area contributed by atoms with Gasteiger partial charge >= 0.3 is 0 Å². The second-order valence-electron chi connectivity index (χ2n) is 6.48. The highest BCUT2D eigenvalue weighted by Gasteiger charge is 2.29. The molecule has 1 aromatic rings.